The fourth-order valence-corrected chi connectivity index (χ4v) is 3.53. The second-order valence-electron chi connectivity index (χ2n) is 6.83. The van der Waals surface area contributed by atoms with E-state index in [1.165, 1.54) is 18.9 Å². The molecule has 144 valence electrons. The normalized spacial score (nSPS) is 17.0. The Morgan fingerprint density at radius 1 is 1.30 bits per heavy atom. The molecule has 0 unspecified atom stereocenters. The highest BCUT2D eigenvalue weighted by Crippen LogP contribution is 2.19. The standard InChI is InChI=1S/C20H24ClN3O3/c1-14(20(26)22-15-8-4-2-3-5-9-15)27-18(25)12-11-16-19(21)23-17-10-6-7-13-24(16)17/h6-7,10-15H,2-5,8-9H2,1H3,(H,22,26)/b12-11+/t14-/m1/s1. The highest BCUT2D eigenvalue weighted by molar-refractivity contribution is 6.31. The van der Waals surface area contributed by atoms with Crippen LogP contribution in [0.5, 0.6) is 0 Å². The zero-order valence-electron chi connectivity index (χ0n) is 15.4. The summed E-state index contributed by atoms with van der Waals surface area (Å²) in [4.78, 5) is 28.6. The van der Waals surface area contributed by atoms with Crippen LogP contribution in [0, 0.1) is 0 Å². The van der Waals surface area contributed by atoms with Gasteiger partial charge in [-0.3, -0.25) is 9.20 Å². The molecule has 7 heteroatoms. The predicted octanol–water partition coefficient (Wildman–Crippen LogP) is 3.77. The molecule has 0 spiro atoms. The molecule has 6 nitrogen and oxygen atoms in total. The van der Waals surface area contributed by atoms with Crippen LogP contribution in [-0.2, 0) is 14.3 Å². The number of carbonyl (C=O) groups excluding carboxylic acids is 2. The Morgan fingerprint density at radius 2 is 2.04 bits per heavy atom. The molecular weight excluding hydrogens is 366 g/mol. The quantitative estimate of drug-likeness (QED) is 0.480. The number of fused-ring (bicyclic) bond motifs is 1. The number of amides is 1. The average molecular weight is 390 g/mol. The van der Waals surface area contributed by atoms with E-state index in [1.54, 1.807) is 17.4 Å². The van der Waals surface area contributed by atoms with E-state index in [-0.39, 0.29) is 11.9 Å². The first-order chi connectivity index (χ1) is 13.0. The van der Waals surface area contributed by atoms with Gasteiger partial charge in [0.25, 0.3) is 5.91 Å². The summed E-state index contributed by atoms with van der Waals surface area (Å²) in [5.74, 6) is -0.850. The van der Waals surface area contributed by atoms with Crippen molar-refractivity contribution in [3.63, 3.8) is 0 Å². The lowest BCUT2D eigenvalue weighted by molar-refractivity contribution is -0.150. The minimum absolute atomic E-state index is 0.175. The van der Waals surface area contributed by atoms with Crippen LogP contribution in [-0.4, -0.2) is 33.4 Å². The van der Waals surface area contributed by atoms with Gasteiger partial charge in [0.15, 0.2) is 11.3 Å². The molecule has 1 atom stereocenters. The van der Waals surface area contributed by atoms with Gasteiger partial charge in [0.05, 0.1) is 5.69 Å². The molecule has 0 radical (unpaired) electrons. The number of hydrogen-bond donors (Lipinski definition) is 1. The van der Waals surface area contributed by atoms with Crippen LogP contribution in [0.15, 0.2) is 30.5 Å². The Labute approximate surface area is 163 Å². The number of nitrogens with one attached hydrogen (secondary N) is 1. The minimum Gasteiger partial charge on any atom is -0.449 e. The minimum atomic E-state index is -0.844. The SMILES string of the molecule is C[C@@H](OC(=O)/C=C/c1c(Cl)nc2ccccn12)C(=O)NC1CCCCCC1. The van der Waals surface area contributed by atoms with Crippen LogP contribution >= 0.6 is 11.6 Å². The van der Waals surface area contributed by atoms with Crippen molar-refractivity contribution in [2.45, 2.75) is 57.6 Å². The van der Waals surface area contributed by atoms with Crippen molar-refractivity contribution < 1.29 is 14.3 Å². The van der Waals surface area contributed by atoms with Gasteiger partial charge in [-0.25, -0.2) is 9.78 Å². The monoisotopic (exact) mass is 389 g/mol. The van der Waals surface area contributed by atoms with Gasteiger partial charge in [0, 0.05) is 18.3 Å². The summed E-state index contributed by atoms with van der Waals surface area (Å²) in [6, 6.07) is 5.70. The Bertz CT molecular complexity index is 838. The molecule has 1 aliphatic rings. The van der Waals surface area contributed by atoms with Crippen molar-refractivity contribution >= 4 is 35.2 Å². The Hall–Kier alpha value is -2.34. The topological polar surface area (TPSA) is 72.7 Å². The van der Waals surface area contributed by atoms with Gasteiger partial charge in [0.1, 0.15) is 5.65 Å². The molecule has 0 aliphatic heterocycles. The molecule has 3 rings (SSSR count). The summed E-state index contributed by atoms with van der Waals surface area (Å²) in [5, 5.41) is 3.29. The Morgan fingerprint density at radius 3 is 2.78 bits per heavy atom. The second kappa shape index (κ2) is 9.04. The molecule has 1 N–H and O–H groups in total. The van der Waals surface area contributed by atoms with E-state index >= 15 is 0 Å². The predicted molar refractivity (Wildman–Crippen MR) is 104 cm³/mol. The van der Waals surface area contributed by atoms with Gasteiger partial charge in [-0.15, -0.1) is 0 Å². The number of nitrogens with zero attached hydrogens (tertiary/aromatic N) is 2. The van der Waals surface area contributed by atoms with E-state index in [4.69, 9.17) is 16.3 Å². The zero-order chi connectivity index (χ0) is 19.2. The van der Waals surface area contributed by atoms with Crippen molar-refractivity contribution in [1.29, 1.82) is 0 Å². The largest absolute Gasteiger partial charge is 0.449 e. The lowest BCUT2D eigenvalue weighted by Crippen LogP contribution is -2.41. The molecular formula is C20H24ClN3O3. The van der Waals surface area contributed by atoms with Gasteiger partial charge in [-0.2, -0.15) is 0 Å². The smallest absolute Gasteiger partial charge is 0.331 e. The lowest BCUT2D eigenvalue weighted by atomic mass is 10.1. The van der Waals surface area contributed by atoms with E-state index in [2.05, 4.69) is 10.3 Å². The number of ether oxygens (including phenoxy) is 1. The summed E-state index contributed by atoms with van der Waals surface area (Å²) in [6.45, 7) is 1.58. The first-order valence-corrected chi connectivity index (χ1v) is 9.74. The van der Waals surface area contributed by atoms with Crippen molar-refractivity contribution in [2.75, 3.05) is 0 Å². The number of carbonyl (C=O) groups is 2. The van der Waals surface area contributed by atoms with Crippen LogP contribution in [0.2, 0.25) is 5.15 Å². The van der Waals surface area contributed by atoms with Gasteiger partial charge < -0.3 is 10.1 Å². The summed E-state index contributed by atoms with van der Waals surface area (Å²) in [5.41, 5.74) is 1.27. The van der Waals surface area contributed by atoms with E-state index in [0.29, 0.717) is 16.5 Å². The van der Waals surface area contributed by atoms with E-state index in [0.717, 1.165) is 25.7 Å². The third kappa shape index (κ3) is 5.10. The number of rotatable bonds is 5. The van der Waals surface area contributed by atoms with Crippen LogP contribution < -0.4 is 5.32 Å². The number of pyridine rings is 1. The van der Waals surface area contributed by atoms with Crippen molar-refractivity contribution in [3.05, 3.63) is 41.3 Å². The fourth-order valence-electron chi connectivity index (χ4n) is 3.29. The molecule has 1 amide bonds. The van der Waals surface area contributed by atoms with Gasteiger partial charge in [-0.05, 0) is 38.0 Å². The van der Waals surface area contributed by atoms with E-state index < -0.39 is 12.1 Å². The summed E-state index contributed by atoms with van der Waals surface area (Å²) >= 11 is 6.13. The van der Waals surface area contributed by atoms with Gasteiger partial charge in [0.2, 0.25) is 0 Å². The molecule has 2 heterocycles. The Kier molecular flexibility index (Phi) is 6.50. The number of esters is 1. The number of aromatic nitrogens is 2. The van der Waals surface area contributed by atoms with Gasteiger partial charge in [-0.1, -0.05) is 43.4 Å². The van der Waals surface area contributed by atoms with Crippen molar-refractivity contribution in [3.8, 4) is 0 Å². The maximum absolute atomic E-state index is 12.3. The van der Waals surface area contributed by atoms with E-state index in [9.17, 15) is 9.59 Å². The number of hydrogen-bond acceptors (Lipinski definition) is 4. The summed E-state index contributed by atoms with van der Waals surface area (Å²) < 4.78 is 7.00. The first kappa shape index (κ1) is 19.4. The zero-order valence-corrected chi connectivity index (χ0v) is 16.1. The Balaban J connectivity index is 1.56. The highest BCUT2D eigenvalue weighted by Gasteiger charge is 2.21. The third-order valence-corrected chi connectivity index (χ3v) is 5.04. The summed E-state index contributed by atoms with van der Waals surface area (Å²) in [7, 11) is 0. The molecule has 2 aromatic rings. The van der Waals surface area contributed by atoms with Crippen LogP contribution in [0.4, 0.5) is 0 Å². The molecule has 1 fully saturated rings. The molecule has 0 saturated heterocycles. The fraction of sp³-hybridized carbons (Fsp3) is 0.450. The van der Waals surface area contributed by atoms with Crippen molar-refractivity contribution in [2.24, 2.45) is 0 Å². The number of imidazole rings is 1. The average Bonchev–Trinajstić information content (AvgIpc) is 2.80. The van der Waals surface area contributed by atoms with Crippen LogP contribution in [0.3, 0.4) is 0 Å². The number of halogens is 1. The van der Waals surface area contributed by atoms with Crippen LogP contribution in [0.1, 0.15) is 51.1 Å². The van der Waals surface area contributed by atoms with Crippen molar-refractivity contribution in [1.82, 2.24) is 14.7 Å². The second-order valence-corrected chi connectivity index (χ2v) is 7.18. The van der Waals surface area contributed by atoms with Crippen LogP contribution in [0.25, 0.3) is 11.7 Å². The molecule has 0 bridgehead atoms. The summed E-state index contributed by atoms with van der Waals surface area (Å²) in [6.07, 6.45) is 10.4. The highest BCUT2D eigenvalue weighted by atomic mass is 35.5. The first-order valence-electron chi connectivity index (χ1n) is 9.36. The maximum atomic E-state index is 12.3. The lowest BCUT2D eigenvalue weighted by Gasteiger charge is -2.19. The molecule has 0 aromatic carbocycles. The third-order valence-electron chi connectivity index (χ3n) is 4.76. The van der Waals surface area contributed by atoms with Gasteiger partial charge >= 0.3 is 5.97 Å². The molecule has 1 aliphatic carbocycles. The maximum Gasteiger partial charge on any atom is 0.331 e. The molecule has 2 aromatic heterocycles. The molecule has 27 heavy (non-hydrogen) atoms. The van der Waals surface area contributed by atoms with E-state index in [1.807, 2.05) is 24.4 Å². The molecule has 1 saturated carbocycles.